The monoisotopic (exact) mass is 277 g/mol. The van der Waals surface area contributed by atoms with Crippen molar-refractivity contribution in [2.75, 3.05) is 4.90 Å². The SMILES string of the molecule is CC1CC[C@@]2(C)C[C@H](c3ccccc3)c3ccccc3N12. The minimum Gasteiger partial charge on any atom is -0.363 e. The Bertz CT molecular complexity index is 648. The zero-order chi connectivity index (χ0) is 14.4. The number of anilines is 1. The smallest absolute Gasteiger partial charge is 0.0412 e. The molecule has 0 aliphatic carbocycles. The van der Waals surface area contributed by atoms with Crippen LogP contribution >= 0.6 is 0 Å². The fourth-order valence-electron chi connectivity index (χ4n) is 4.56. The van der Waals surface area contributed by atoms with Gasteiger partial charge in [0.2, 0.25) is 0 Å². The number of hydrogen-bond donors (Lipinski definition) is 0. The van der Waals surface area contributed by atoms with Crippen molar-refractivity contribution in [1.29, 1.82) is 0 Å². The highest BCUT2D eigenvalue weighted by molar-refractivity contribution is 5.63. The lowest BCUT2D eigenvalue weighted by Gasteiger charge is -2.47. The quantitative estimate of drug-likeness (QED) is 0.711. The minimum absolute atomic E-state index is 0.314. The predicted octanol–water partition coefficient (Wildman–Crippen LogP) is 4.97. The third-order valence-corrected chi connectivity index (χ3v) is 5.54. The van der Waals surface area contributed by atoms with Crippen LogP contribution in [0.2, 0.25) is 0 Å². The van der Waals surface area contributed by atoms with Crippen molar-refractivity contribution in [1.82, 2.24) is 0 Å². The molecule has 0 saturated carbocycles. The third-order valence-electron chi connectivity index (χ3n) is 5.54. The van der Waals surface area contributed by atoms with Crippen LogP contribution in [0.1, 0.15) is 50.2 Å². The Hall–Kier alpha value is -1.76. The molecule has 0 bridgehead atoms. The number of hydrogen-bond acceptors (Lipinski definition) is 1. The average Bonchev–Trinajstić information content (AvgIpc) is 2.83. The first-order valence-corrected chi connectivity index (χ1v) is 8.12. The van der Waals surface area contributed by atoms with Crippen molar-refractivity contribution >= 4 is 5.69 Å². The van der Waals surface area contributed by atoms with Gasteiger partial charge in [0, 0.05) is 23.2 Å². The van der Waals surface area contributed by atoms with E-state index >= 15 is 0 Å². The van der Waals surface area contributed by atoms with E-state index in [1.165, 1.54) is 36.1 Å². The van der Waals surface area contributed by atoms with Crippen LogP contribution in [-0.2, 0) is 0 Å². The van der Waals surface area contributed by atoms with E-state index in [9.17, 15) is 0 Å². The van der Waals surface area contributed by atoms with Crippen LogP contribution in [-0.4, -0.2) is 11.6 Å². The Balaban J connectivity index is 1.88. The van der Waals surface area contributed by atoms with Gasteiger partial charge in [0.15, 0.2) is 0 Å². The van der Waals surface area contributed by atoms with Crippen LogP contribution in [0.3, 0.4) is 0 Å². The molecule has 2 aromatic carbocycles. The Morgan fingerprint density at radius 1 is 1.00 bits per heavy atom. The highest BCUT2D eigenvalue weighted by atomic mass is 15.3. The van der Waals surface area contributed by atoms with E-state index in [1.807, 2.05) is 0 Å². The normalized spacial score (nSPS) is 30.9. The Morgan fingerprint density at radius 3 is 2.52 bits per heavy atom. The minimum atomic E-state index is 0.314. The van der Waals surface area contributed by atoms with Crippen LogP contribution in [0, 0.1) is 0 Å². The van der Waals surface area contributed by atoms with Crippen molar-refractivity contribution in [2.24, 2.45) is 0 Å². The second kappa shape index (κ2) is 4.62. The molecule has 1 heteroatoms. The van der Waals surface area contributed by atoms with Crippen LogP contribution in [0.4, 0.5) is 5.69 Å². The maximum atomic E-state index is 2.70. The van der Waals surface area contributed by atoms with Crippen LogP contribution in [0.5, 0.6) is 0 Å². The summed E-state index contributed by atoms with van der Waals surface area (Å²) >= 11 is 0. The molecule has 1 saturated heterocycles. The molecule has 0 spiro atoms. The summed E-state index contributed by atoms with van der Waals surface area (Å²) < 4.78 is 0. The Kier molecular flexibility index (Phi) is 2.85. The molecule has 0 radical (unpaired) electrons. The van der Waals surface area contributed by atoms with Gasteiger partial charge in [0.05, 0.1) is 0 Å². The van der Waals surface area contributed by atoms with Gasteiger partial charge in [-0.05, 0) is 50.3 Å². The molecule has 1 nitrogen and oxygen atoms in total. The lowest BCUT2D eigenvalue weighted by molar-refractivity contribution is 0.385. The maximum absolute atomic E-state index is 2.70. The number of rotatable bonds is 1. The van der Waals surface area contributed by atoms with Gasteiger partial charge >= 0.3 is 0 Å². The zero-order valence-electron chi connectivity index (χ0n) is 12.9. The van der Waals surface area contributed by atoms with E-state index in [0.29, 0.717) is 17.5 Å². The number of para-hydroxylation sites is 1. The van der Waals surface area contributed by atoms with Gasteiger partial charge in [-0.15, -0.1) is 0 Å². The van der Waals surface area contributed by atoms with Gasteiger partial charge in [-0.3, -0.25) is 0 Å². The number of fused-ring (bicyclic) bond motifs is 3. The molecule has 2 aliphatic heterocycles. The molecule has 21 heavy (non-hydrogen) atoms. The first kappa shape index (κ1) is 12.9. The maximum Gasteiger partial charge on any atom is 0.0412 e. The molecule has 0 amide bonds. The van der Waals surface area contributed by atoms with Gasteiger partial charge in [-0.2, -0.15) is 0 Å². The van der Waals surface area contributed by atoms with Gasteiger partial charge in [-0.25, -0.2) is 0 Å². The summed E-state index contributed by atoms with van der Waals surface area (Å²) in [4.78, 5) is 2.70. The Labute approximate surface area is 127 Å². The molecule has 0 N–H and O–H groups in total. The molecule has 2 aliphatic rings. The fraction of sp³-hybridized carbons (Fsp3) is 0.400. The summed E-state index contributed by atoms with van der Waals surface area (Å²) in [5.74, 6) is 0.536. The summed E-state index contributed by atoms with van der Waals surface area (Å²) in [5, 5.41) is 0. The third kappa shape index (κ3) is 1.91. The summed E-state index contributed by atoms with van der Waals surface area (Å²) in [6, 6.07) is 20.7. The topological polar surface area (TPSA) is 3.24 Å². The summed E-state index contributed by atoms with van der Waals surface area (Å²) in [5.41, 5.74) is 4.75. The molecular weight excluding hydrogens is 254 g/mol. The van der Waals surface area contributed by atoms with E-state index in [4.69, 9.17) is 0 Å². The summed E-state index contributed by atoms with van der Waals surface area (Å²) in [6.07, 6.45) is 3.86. The molecule has 2 aromatic rings. The second-order valence-electron chi connectivity index (χ2n) is 6.98. The molecule has 108 valence electrons. The Morgan fingerprint density at radius 2 is 1.71 bits per heavy atom. The molecule has 4 rings (SSSR count). The standard InChI is InChI=1S/C20H23N/c1-15-12-13-20(2)14-18(16-8-4-3-5-9-16)17-10-6-7-11-19(17)21(15)20/h3-11,15,18H,12-14H2,1-2H3/t15?,18-,20+/m1/s1. The molecule has 2 heterocycles. The highest BCUT2D eigenvalue weighted by Gasteiger charge is 2.47. The van der Waals surface area contributed by atoms with Crippen molar-refractivity contribution < 1.29 is 0 Å². The fourth-order valence-corrected chi connectivity index (χ4v) is 4.56. The molecular formula is C20H23N. The van der Waals surface area contributed by atoms with E-state index in [1.54, 1.807) is 0 Å². The van der Waals surface area contributed by atoms with Gasteiger partial charge in [0.1, 0.15) is 0 Å². The summed E-state index contributed by atoms with van der Waals surface area (Å²) in [6.45, 7) is 4.84. The van der Waals surface area contributed by atoms with Crippen molar-refractivity contribution in [3.05, 3.63) is 65.7 Å². The predicted molar refractivity (Wildman–Crippen MR) is 88.9 cm³/mol. The zero-order valence-corrected chi connectivity index (χ0v) is 12.9. The first-order valence-electron chi connectivity index (χ1n) is 8.12. The van der Waals surface area contributed by atoms with E-state index in [-0.39, 0.29) is 0 Å². The highest BCUT2D eigenvalue weighted by Crippen LogP contribution is 2.52. The number of benzene rings is 2. The average molecular weight is 277 g/mol. The largest absolute Gasteiger partial charge is 0.363 e. The number of nitrogens with zero attached hydrogens (tertiary/aromatic N) is 1. The second-order valence-corrected chi connectivity index (χ2v) is 6.98. The molecule has 1 unspecified atom stereocenters. The van der Waals surface area contributed by atoms with E-state index in [2.05, 4.69) is 73.3 Å². The van der Waals surface area contributed by atoms with Crippen molar-refractivity contribution in [3.8, 4) is 0 Å². The molecule has 1 fully saturated rings. The van der Waals surface area contributed by atoms with Crippen LogP contribution < -0.4 is 4.90 Å². The first-order chi connectivity index (χ1) is 10.2. The van der Waals surface area contributed by atoms with E-state index in [0.717, 1.165) is 0 Å². The van der Waals surface area contributed by atoms with Gasteiger partial charge in [0.25, 0.3) is 0 Å². The molecule has 3 atom stereocenters. The van der Waals surface area contributed by atoms with Crippen molar-refractivity contribution in [2.45, 2.75) is 50.6 Å². The molecule has 0 aromatic heterocycles. The summed E-state index contributed by atoms with van der Waals surface area (Å²) in [7, 11) is 0. The van der Waals surface area contributed by atoms with Crippen LogP contribution in [0.15, 0.2) is 54.6 Å². The van der Waals surface area contributed by atoms with Crippen molar-refractivity contribution in [3.63, 3.8) is 0 Å². The lowest BCUT2D eigenvalue weighted by Crippen LogP contribution is -2.49. The lowest BCUT2D eigenvalue weighted by atomic mass is 9.75. The van der Waals surface area contributed by atoms with Crippen LogP contribution in [0.25, 0.3) is 0 Å². The van der Waals surface area contributed by atoms with Gasteiger partial charge in [-0.1, -0.05) is 48.5 Å². The van der Waals surface area contributed by atoms with Gasteiger partial charge < -0.3 is 4.90 Å². The van der Waals surface area contributed by atoms with E-state index < -0.39 is 0 Å².